The van der Waals surface area contributed by atoms with Crippen molar-refractivity contribution < 1.29 is 13.9 Å². The van der Waals surface area contributed by atoms with E-state index in [1.54, 1.807) is 36.6 Å². The van der Waals surface area contributed by atoms with Gasteiger partial charge in [0.05, 0.1) is 5.56 Å². The smallest absolute Gasteiger partial charge is 0.153 e. The molecule has 0 atom stereocenters. The summed E-state index contributed by atoms with van der Waals surface area (Å²) in [6, 6.07) is 9.70. The number of ether oxygens (including phenoxy) is 1. The highest BCUT2D eigenvalue weighted by Gasteiger charge is 2.08. The first kappa shape index (κ1) is 14.1. The molecule has 2 rings (SSSR count). The second kappa shape index (κ2) is 6.21. The maximum atomic E-state index is 13.6. The molecule has 0 saturated carbocycles. The minimum atomic E-state index is -0.338. The molecule has 0 aliphatic carbocycles. The van der Waals surface area contributed by atoms with Crippen molar-refractivity contribution in [2.75, 3.05) is 6.26 Å². The molecule has 0 aliphatic rings. The van der Waals surface area contributed by atoms with E-state index in [1.807, 2.05) is 0 Å². The predicted molar refractivity (Wildman–Crippen MR) is 77.8 cm³/mol. The normalized spacial score (nSPS) is 10.3. The van der Waals surface area contributed by atoms with Gasteiger partial charge in [0.15, 0.2) is 6.29 Å². The molecule has 0 N–H and O–H groups in total. The monoisotopic (exact) mass is 340 g/mol. The number of thioether (sulfide) groups is 1. The molecule has 0 bridgehead atoms. The minimum Gasteiger partial charge on any atom is -0.457 e. The number of carbonyl (C=O) groups excluding carboxylic acids is 1. The number of hydrogen-bond acceptors (Lipinski definition) is 3. The summed E-state index contributed by atoms with van der Waals surface area (Å²) in [6.45, 7) is 0. The summed E-state index contributed by atoms with van der Waals surface area (Å²) in [7, 11) is 0. The molecule has 0 heterocycles. The van der Waals surface area contributed by atoms with E-state index < -0.39 is 0 Å². The van der Waals surface area contributed by atoms with Crippen molar-refractivity contribution in [2.45, 2.75) is 4.90 Å². The van der Waals surface area contributed by atoms with Gasteiger partial charge in [-0.3, -0.25) is 4.79 Å². The molecule has 0 amide bonds. The standard InChI is InChI=1S/C14H10BrFO2S/c1-19-14-5-3-11(7-12(14)16)18-13-4-2-10(15)6-9(13)8-17/h2-8H,1H3. The van der Waals surface area contributed by atoms with E-state index in [9.17, 15) is 9.18 Å². The Kier molecular flexibility index (Phi) is 4.61. The summed E-state index contributed by atoms with van der Waals surface area (Å²) in [6.07, 6.45) is 2.50. The fourth-order valence-electron chi connectivity index (χ4n) is 1.54. The van der Waals surface area contributed by atoms with Crippen LogP contribution in [0.1, 0.15) is 10.4 Å². The summed E-state index contributed by atoms with van der Waals surface area (Å²) in [5, 5.41) is 0. The molecule has 0 aromatic heterocycles. The van der Waals surface area contributed by atoms with Gasteiger partial charge in [0.2, 0.25) is 0 Å². The molecule has 5 heteroatoms. The third kappa shape index (κ3) is 3.36. The van der Waals surface area contributed by atoms with Gasteiger partial charge < -0.3 is 4.74 Å². The van der Waals surface area contributed by atoms with Crippen LogP contribution in [0.25, 0.3) is 0 Å². The average molecular weight is 341 g/mol. The van der Waals surface area contributed by atoms with Gasteiger partial charge in [-0.05, 0) is 36.6 Å². The van der Waals surface area contributed by atoms with Gasteiger partial charge >= 0.3 is 0 Å². The van der Waals surface area contributed by atoms with E-state index in [0.29, 0.717) is 28.2 Å². The number of halogens is 2. The topological polar surface area (TPSA) is 26.3 Å². The highest BCUT2D eigenvalue weighted by atomic mass is 79.9. The Morgan fingerprint density at radius 3 is 2.68 bits per heavy atom. The maximum Gasteiger partial charge on any atom is 0.153 e. The second-order valence-electron chi connectivity index (χ2n) is 3.70. The number of carbonyl (C=O) groups is 1. The fraction of sp³-hybridized carbons (Fsp3) is 0.0714. The van der Waals surface area contributed by atoms with Gasteiger partial charge in [0, 0.05) is 15.4 Å². The van der Waals surface area contributed by atoms with Crippen LogP contribution in [0.15, 0.2) is 45.8 Å². The van der Waals surface area contributed by atoms with Crippen molar-refractivity contribution in [1.29, 1.82) is 0 Å². The summed E-state index contributed by atoms with van der Waals surface area (Å²) in [4.78, 5) is 11.5. The average Bonchev–Trinajstić information content (AvgIpc) is 2.41. The van der Waals surface area contributed by atoms with Crippen molar-refractivity contribution in [3.63, 3.8) is 0 Å². The SMILES string of the molecule is CSc1ccc(Oc2ccc(Br)cc2C=O)cc1F. The maximum absolute atomic E-state index is 13.6. The molecule has 19 heavy (non-hydrogen) atoms. The van der Waals surface area contributed by atoms with E-state index in [2.05, 4.69) is 15.9 Å². The van der Waals surface area contributed by atoms with Crippen LogP contribution in [0.2, 0.25) is 0 Å². The van der Waals surface area contributed by atoms with Crippen molar-refractivity contribution in [1.82, 2.24) is 0 Å². The largest absolute Gasteiger partial charge is 0.457 e. The molecule has 2 aromatic rings. The number of benzene rings is 2. The zero-order chi connectivity index (χ0) is 13.8. The second-order valence-corrected chi connectivity index (χ2v) is 5.46. The Labute approximate surface area is 123 Å². The Balaban J connectivity index is 2.31. The van der Waals surface area contributed by atoms with Crippen molar-refractivity contribution in [3.05, 3.63) is 52.3 Å². The van der Waals surface area contributed by atoms with Gasteiger partial charge in [-0.1, -0.05) is 15.9 Å². The number of hydrogen-bond donors (Lipinski definition) is 0. The quantitative estimate of drug-likeness (QED) is 0.584. The summed E-state index contributed by atoms with van der Waals surface area (Å²) in [5.41, 5.74) is 0.406. The lowest BCUT2D eigenvalue weighted by Crippen LogP contribution is -1.91. The lowest BCUT2D eigenvalue weighted by molar-refractivity contribution is 0.112. The molecule has 0 aliphatic heterocycles. The van der Waals surface area contributed by atoms with E-state index in [0.717, 1.165) is 4.47 Å². The molecule has 98 valence electrons. The first-order chi connectivity index (χ1) is 9.13. The molecular formula is C14H10BrFO2S. The zero-order valence-corrected chi connectivity index (χ0v) is 12.4. The van der Waals surface area contributed by atoms with Crippen LogP contribution in [0.4, 0.5) is 4.39 Å². The van der Waals surface area contributed by atoms with E-state index in [4.69, 9.17) is 4.74 Å². The number of aldehydes is 1. The Bertz CT molecular complexity index is 616. The van der Waals surface area contributed by atoms with Gasteiger partial charge in [0.1, 0.15) is 17.3 Å². The third-order valence-electron chi connectivity index (χ3n) is 2.45. The van der Waals surface area contributed by atoms with Crippen LogP contribution in [0.3, 0.4) is 0 Å². The van der Waals surface area contributed by atoms with Gasteiger partial charge in [-0.2, -0.15) is 0 Å². The predicted octanol–water partition coefficient (Wildman–Crippen LogP) is 4.91. The summed E-state index contributed by atoms with van der Waals surface area (Å²) >= 11 is 4.60. The Morgan fingerprint density at radius 2 is 2.05 bits per heavy atom. The first-order valence-electron chi connectivity index (χ1n) is 5.40. The minimum absolute atomic E-state index is 0.338. The summed E-state index contributed by atoms with van der Waals surface area (Å²) in [5.74, 6) is 0.421. The van der Waals surface area contributed by atoms with Gasteiger partial charge in [-0.25, -0.2) is 4.39 Å². The molecule has 0 spiro atoms. The molecule has 0 radical (unpaired) electrons. The van der Waals surface area contributed by atoms with Crippen molar-refractivity contribution in [2.24, 2.45) is 0 Å². The van der Waals surface area contributed by atoms with Crippen LogP contribution in [0.5, 0.6) is 11.5 Å². The molecule has 2 aromatic carbocycles. The molecule has 0 unspecified atom stereocenters. The first-order valence-corrected chi connectivity index (χ1v) is 7.42. The Hall–Kier alpha value is -1.33. The Morgan fingerprint density at radius 1 is 1.26 bits per heavy atom. The van der Waals surface area contributed by atoms with Gasteiger partial charge in [-0.15, -0.1) is 11.8 Å². The highest BCUT2D eigenvalue weighted by Crippen LogP contribution is 2.29. The van der Waals surface area contributed by atoms with Crippen LogP contribution >= 0.6 is 27.7 Å². The van der Waals surface area contributed by atoms with E-state index in [1.165, 1.54) is 17.8 Å². The highest BCUT2D eigenvalue weighted by molar-refractivity contribution is 9.10. The van der Waals surface area contributed by atoms with Crippen LogP contribution < -0.4 is 4.74 Å². The molecule has 0 saturated heterocycles. The van der Waals surface area contributed by atoms with Crippen molar-refractivity contribution in [3.8, 4) is 11.5 Å². The lowest BCUT2D eigenvalue weighted by Gasteiger charge is -2.09. The van der Waals surface area contributed by atoms with Crippen molar-refractivity contribution >= 4 is 34.0 Å². The van der Waals surface area contributed by atoms with Crippen LogP contribution in [-0.2, 0) is 0 Å². The van der Waals surface area contributed by atoms with Crippen LogP contribution in [0, 0.1) is 5.82 Å². The van der Waals surface area contributed by atoms with E-state index >= 15 is 0 Å². The van der Waals surface area contributed by atoms with E-state index in [-0.39, 0.29) is 5.82 Å². The molecule has 0 fully saturated rings. The van der Waals surface area contributed by atoms with Gasteiger partial charge in [0.25, 0.3) is 0 Å². The fourth-order valence-corrected chi connectivity index (χ4v) is 2.38. The number of rotatable bonds is 4. The molecule has 2 nitrogen and oxygen atoms in total. The van der Waals surface area contributed by atoms with Crippen LogP contribution in [-0.4, -0.2) is 12.5 Å². The zero-order valence-electron chi connectivity index (χ0n) is 10.0. The summed E-state index contributed by atoms with van der Waals surface area (Å²) < 4.78 is 19.9. The third-order valence-corrected chi connectivity index (χ3v) is 3.71. The lowest BCUT2D eigenvalue weighted by atomic mass is 10.2. The molecular weight excluding hydrogens is 331 g/mol.